The van der Waals surface area contributed by atoms with E-state index < -0.39 is 0 Å². The quantitative estimate of drug-likeness (QED) is 0.268. The van der Waals surface area contributed by atoms with Crippen molar-refractivity contribution in [2.45, 2.75) is 34.6 Å². The van der Waals surface area contributed by atoms with E-state index in [4.69, 9.17) is 4.65 Å². The largest absolute Gasteiger partial charge is 0.432 e. The number of benzene rings is 5. The fourth-order valence-electron chi connectivity index (χ4n) is 5.90. The molecule has 0 fully saturated rings. The van der Waals surface area contributed by atoms with Crippen molar-refractivity contribution in [3.63, 3.8) is 0 Å². The van der Waals surface area contributed by atoms with E-state index >= 15 is 0 Å². The van der Waals surface area contributed by atoms with E-state index in [-0.39, 0.29) is 6.61 Å². The van der Waals surface area contributed by atoms with E-state index in [9.17, 15) is 5.11 Å². The Kier molecular flexibility index (Phi) is 6.98. The molecule has 0 radical (unpaired) electrons. The van der Waals surface area contributed by atoms with Gasteiger partial charge >= 0.3 is 7.48 Å². The molecule has 0 aliphatic carbocycles. The van der Waals surface area contributed by atoms with Gasteiger partial charge in [-0.2, -0.15) is 0 Å². The molecule has 5 aromatic carbocycles. The summed E-state index contributed by atoms with van der Waals surface area (Å²) in [6, 6.07) is 24.3. The van der Waals surface area contributed by atoms with Gasteiger partial charge in [0.05, 0.1) is 13.2 Å². The molecule has 0 saturated heterocycles. The Bertz CT molecular complexity index is 1620. The van der Waals surface area contributed by atoms with Gasteiger partial charge in [-0.05, 0) is 112 Å². The molecule has 1 N–H and O–H groups in total. The molecule has 0 bridgehead atoms. The first kappa shape index (κ1) is 25.3. The Morgan fingerprint density at radius 2 is 1.22 bits per heavy atom. The Morgan fingerprint density at radius 3 is 1.86 bits per heavy atom. The second-order valence-electron chi connectivity index (χ2n) is 10.3. The van der Waals surface area contributed by atoms with E-state index in [0.717, 1.165) is 5.46 Å². The smallest absolute Gasteiger partial charge is 0.309 e. The molecule has 0 aliphatic rings. The second-order valence-corrected chi connectivity index (χ2v) is 10.3. The summed E-state index contributed by atoms with van der Waals surface area (Å²) < 4.78 is 5.72. The van der Waals surface area contributed by atoms with E-state index in [1.54, 1.807) is 0 Å². The van der Waals surface area contributed by atoms with Crippen LogP contribution in [0, 0.1) is 34.6 Å². The topological polar surface area (TPSA) is 29.5 Å². The summed E-state index contributed by atoms with van der Waals surface area (Å²) >= 11 is 0. The van der Waals surface area contributed by atoms with Crippen LogP contribution >= 0.6 is 0 Å². The first-order chi connectivity index (χ1) is 17.8. The number of rotatable bonds is 6. The highest BCUT2D eigenvalue weighted by atomic mass is 16.4. The van der Waals surface area contributed by atoms with Crippen LogP contribution in [0.1, 0.15) is 27.8 Å². The molecule has 0 unspecified atom stereocenters. The number of fused-ring (bicyclic) bond motifs is 2. The second kappa shape index (κ2) is 10.2. The predicted molar refractivity (Wildman–Crippen MR) is 164 cm³/mol. The van der Waals surface area contributed by atoms with Crippen molar-refractivity contribution < 1.29 is 9.76 Å². The molecule has 184 valence electrons. The van der Waals surface area contributed by atoms with Crippen LogP contribution in [-0.2, 0) is 4.65 Å². The van der Waals surface area contributed by atoms with Crippen LogP contribution in [0.5, 0.6) is 0 Å². The zero-order valence-corrected chi connectivity index (χ0v) is 22.8. The van der Waals surface area contributed by atoms with Gasteiger partial charge in [0.25, 0.3) is 0 Å². The summed E-state index contributed by atoms with van der Waals surface area (Å²) in [6.45, 7) is 11.7. The average Bonchev–Trinajstić information content (AvgIpc) is 2.92. The summed E-state index contributed by atoms with van der Waals surface area (Å²) in [5.41, 5.74) is 14.4. The highest BCUT2D eigenvalue weighted by molar-refractivity contribution is 6.51. The molecule has 0 spiro atoms. The van der Waals surface area contributed by atoms with Gasteiger partial charge in [0.2, 0.25) is 0 Å². The van der Waals surface area contributed by atoms with Gasteiger partial charge in [0.1, 0.15) is 7.85 Å². The van der Waals surface area contributed by atoms with Gasteiger partial charge < -0.3 is 9.76 Å². The predicted octanol–water partition coefficient (Wildman–Crippen LogP) is 5.11. The van der Waals surface area contributed by atoms with Crippen LogP contribution in [0.4, 0.5) is 0 Å². The van der Waals surface area contributed by atoms with Gasteiger partial charge in [-0.1, -0.05) is 72.2 Å². The Labute approximate surface area is 222 Å². The summed E-state index contributed by atoms with van der Waals surface area (Å²) in [5.74, 6) is 0. The van der Waals surface area contributed by atoms with Gasteiger partial charge in [-0.25, -0.2) is 0 Å². The van der Waals surface area contributed by atoms with Crippen molar-refractivity contribution >= 4 is 47.8 Å². The van der Waals surface area contributed by atoms with Crippen LogP contribution in [0.25, 0.3) is 43.8 Å². The van der Waals surface area contributed by atoms with E-state index in [1.807, 2.05) is 0 Å². The Hall–Kier alpha value is -3.33. The third kappa shape index (κ3) is 4.29. The van der Waals surface area contributed by atoms with Crippen LogP contribution in [-0.4, -0.2) is 33.6 Å². The minimum atomic E-state index is 0.0306. The average molecular weight is 484 g/mol. The zero-order valence-electron chi connectivity index (χ0n) is 22.8. The van der Waals surface area contributed by atoms with Crippen LogP contribution in [0.15, 0.2) is 66.7 Å². The first-order valence-corrected chi connectivity index (χ1v) is 13.1. The molecule has 0 heterocycles. The maximum absolute atomic E-state index is 9.19. The lowest BCUT2D eigenvalue weighted by Crippen LogP contribution is -2.20. The number of hydrogen-bond donors (Lipinski definition) is 1. The lowest BCUT2D eigenvalue weighted by Gasteiger charge is -2.24. The fraction of sp³-hybridized carbons (Fsp3) is 0.212. The third-order valence-corrected chi connectivity index (χ3v) is 8.30. The van der Waals surface area contributed by atoms with Crippen molar-refractivity contribution in [2.75, 3.05) is 13.2 Å². The molecular formula is C33H34B2O2. The van der Waals surface area contributed by atoms with Gasteiger partial charge in [0, 0.05) is 0 Å². The molecule has 0 amide bonds. The van der Waals surface area contributed by atoms with Gasteiger partial charge in [-0.3, -0.25) is 0 Å². The van der Waals surface area contributed by atoms with Crippen LogP contribution in [0.2, 0.25) is 0 Å². The summed E-state index contributed by atoms with van der Waals surface area (Å²) in [5, 5.41) is 14.2. The Morgan fingerprint density at radius 1 is 0.649 bits per heavy atom. The maximum atomic E-state index is 9.19. The molecule has 0 atom stereocenters. The fourth-order valence-corrected chi connectivity index (χ4v) is 5.90. The van der Waals surface area contributed by atoms with E-state index in [1.165, 1.54) is 77.1 Å². The number of hydrogen-bond acceptors (Lipinski definition) is 2. The normalized spacial score (nSPS) is 11.4. The number of aliphatic hydroxyl groups is 1. The van der Waals surface area contributed by atoms with Gasteiger partial charge in [-0.15, -0.1) is 0 Å². The standard InChI is InChI=1S/C33H34B2O2/c1-19-20(2)22(4)32(23(5)21(19)3)29-18-30(34)25-11-7-9-13-27(25)33(29)28-14-15-31(35-37-17-16-36)26-12-8-6-10-24(26)28/h6-15,18,35-36H,16-17,34H2,1-5H3. The SMILES string of the molecule is Bc1cc(-c2c(C)c(C)c(C)c(C)c2C)c(-c2ccc(BOCCO)c3ccccc23)c2ccccc12. The number of aliphatic hydroxyl groups excluding tert-OH is 1. The van der Waals surface area contributed by atoms with Crippen molar-refractivity contribution in [3.05, 3.63) is 94.5 Å². The third-order valence-electron chi connectivity index (χ3n) is 8.30. The molecule has 5 aromatic rings. The molecule has 0 aromatic heterocycles. The molecular weight excluding hydrogens is 450 g/mol. The highest BCUT2D eigenvalue weighted by Crippen LogP contribution is 2.43. The van der Waals surface area contributed by atoms with Crippen molar-refractivity contribution in [2.24, 2.45) is 0 Å². The molecule has 0 saturated carbocycles. The monoisotopic (exact) mass is 484 g/mol. The lowest BCUT2D eigenvalue weighted by molar-refractivity contribution is 0.209. The summed E-state index contributed by atoms with van der Waals surface area (Å²) in [4.78, 5) is 0. The van der Waals surface area contributed by atoms with E-state index in [0.29, 0.717) is 14.1 Å². The highest BCUT2D eigenvalue weighted by Gasteiger charge is 2.21. The summed E-state index contributed by atoms with van der Waals surface area (Å²) in [6.07, 6.45) is 0. The van der Waals surface area contributed by atoms with Crippen molar-refractivity contribution in [1.82, 2.24) is 0 Å². The molecule has 0 aliphatic heterocycles. The van der Waals surface area contributed by atoms with Crippen molar-refractivity contribution in [1.29, 1.82) is 0 Å². The molecule has 5 rings (SSSR count). The van der Waals surface area contributed by atoms with Crippen LogP contribution in [0.3, 0.4) is 0 Å². The van der Waals surface area contributed by atoms with Gasteiger partial charge in [0.15, 0.2) is 0 Å². The molecule has 2 nitrogen and oxygen atoms in total. The zero-order chi connectivity index (χ0) is 26.3. The maximum Gasteiger partial charge on any atom is 0.309 e. The van der Waals surface area contributed by atoms with Crippen LogP contribution < -0.4 is 10.9 Å². The molecule has 4 heteroatoms. The first-order valence-electron chi connectivity index (χ1n) is 13.1. The van der Waals surface area contributed by atoms with Crippen molar-refractivity contribution in [3.8, 4) is 22.3 Å². The van der Waals surface area contributed by atoms with E-state index in [2.05, 4.69) is 109 Å². The Balaban J connectivity index is 1.90. The minimum Gasteiger partial charge on any atom is -0.432 e. The molecule has 37 heavy (non-hydrogen) atoms. The lowest BCUT2D eigenvalue weighted by atomic mass is 9.76. The summed E-state index contributed by atoms with van der Waals surface area (Å²) in [7, 11) is 2.71. The minimum absolute atomic E-state index is 0.0306.